The quantitative estimate of drug-likeness (QED) is 0.294. The first kappa shape index (κ1) is 20.0. The number of nitrogens with two attached hydrogens (primary N) is 1. The van der Waals surface area contributed by atoms with Crippen molar-refractivity contribution >= 4 is 11.9 Å². The molecule has 1 amide bonds. The van der Waals surface area contributed by atoms with Crippen LogP contribution in [0, 0.1) is 5.92 Å². The van der Waals surface area contributed by atoms with Crippen LogP contribution in [-0.2, 0) is 16.0 Å². The Morgan fingerprint density at radius 1 is 1.23 bits per heavy atom. The molecule has 1 aliphatic rings. The first-order valence-electron chi connectivity index (χ1n) is 9.19. The molecule has 0 heterocycles. The van der Waals surface area contributed by atoms with E-state index in [9.17, 15) is 4.79 Å². The summed E-state index contributed by atoms with van der Waals surface area (Å²) in [5.74, 6) is 1.78. The summed E-state index contributed by atoms with van der Waals surface area (Å²) in [7, 11) is 1.77. The van der Waals surface area contributed by atoms with E-state index in [1.807, 2.05) is 24.3 Å². The van der Waals surface area contributed by atoms with Crippen molar-refractivity contribution in [3.63, 3.8) is 0 Å². The van der Waals surface area contributed by atoms with Gasteiger partial charge < -0.3 is 25.8 Å². The number of carbonyl (C=O) groups excluding carboxylic acids is 1. The SMILES string of the molecule is CN=C(NCCCOCC1CC1)NCCc1ccc(OCC(N)=O)cc1. The first-order valence-corrected chi connectivity index (χ1v) is 9.19. The lowest BCUT2D eigenvalue weighted by molar-refractivity contribution is -0.119. The Kier molecular flexibility index (Phi) is 8.75. The molecule has 0 aromatic heterocycles. The van der Waals surface area contributed by atoms with Crippen molar-refractivity contribution in [3.8, 4) is 5.75 Å². The van der Waals surface area contributed by atoms with E-state index in [1.165, 1.54) is 18.4 Å². The van der Waals surface area contributed by atoms with E-state index in [4.69, 9.17) is 15.2 Å². The fourth-order valence-corrected chi connectivity index (χ4v) is 2.37. The van der Waals surface area contributed by atoms with E-state index in [-0.39, 0.29) is 6.61 Å². The van der Waals surface area contributed by atoms with Crippen molar-refractivity contribution in [3.05, 3.63) is 29.8 Å². The van der Waals surface area contributed by atoms with Gasteiger partial charge in [0.05, 0.1) is 0 Å². The van der Waals surface area contributed by atoms with Crippen LogP contribution in [0.25, 0.3) is 0 Å². The molecule has 2 rings (SSSR count). The Hall–Kier alpha value is -2.28. The summed E-state index contributed by atoms with van der Waals surface area (Å²) >= 11 is 0. The lowest BCUT2D eigenvalue weighted by Crippen LogP contribution is -2.39. The number of benzene rings is 1. The molecule has 7 nitrogen and oxygen atoms in total. The third-order valence-corrected chi connectivity index (χ3v) is 4.04. The molecule has 1 fully saturated rings. The third-order valence-electron chi connectivity index (χ3n) is 4.04. The summed E-state index contributed by atoms with van der Waals surface area (Å²) < 4.78 is 10.9. The molecule has 0 atom stereocenters. The second-order valence-corrected chi connectivity index (χ2v) is 6.45. The number of carbonyl (C=O) groups is 1. The molecule has 1 aromatic carbocycles. The fourth-order valence-electron chi connectivity index (χ4n) is 2.37. The summed E-state index contributed by atoms with van der Waals surface area (Å²) in [6, 6.07) is 7.64. The fraction of sp³-hybridized carbons (Fsp3) is 0.579. The van der Waals surface area contributed by atoms with E-state index in [0.29, 0.717) is 5.75 Å². The van der Waals surface area contributed by atoms with E-state index < -0.39 is 5.91 Å². The predicted molar refractivity (Wildman–Crippen MR) is 102 cm³/mol. The Morgan fingerprint density at radius 3 is 2.62 bits per heavy atom. The van der Waals surface area contributed by atoms with E-state index >= 15 is 0 Å². The second-order valence-electron chi connectivity index (χ2n) is 6.45. The lowest BCUT2D eigenvalue weighted by atomic mass is 10.1. The predicted octanol–water partition coefficient (Wildman–Crippen LogP) is 1.07. The molecular weight excluding hydrogens is 332 g/mol. The van der Waals surface area contributed by atoms with Gasteiger partial charge in [-0.3, -0.25) is 9.79 Å². The van der Waals surface area contributed by atoms with Crippen LogP contribution >= 0.6 is 0 Å². The van der Waals surface area contributed by atoms with Crippen molar-refractivity contribution in [1.82, 2.24) is 10.6 Å². The Labute approximate surface area is 155 Å². The molecule has 7 heteroatoms. The highest BCUT2D eigenvalue weighted by molar-refractivity contribution is 5.79. The highest BCUT2D eigenvalue weighted by atomic mass is 16.5. The largest absolute Gasteiger partial charge is 0.484 e. The van der Waals surface area contributed by atoms with Crippen molar-refractivity contribution in [2.24, 2.45) is 16.6 Å². The number of guanidine groups is 1. The lowest BCUT2D eigenvalue weighted by Gasteiger charge is -2.12. The van der Waals surface area contributed by atoms with Gasteiger partial charge in [0.2, 0.25) is 0 Å². The van der Waals surface area contributed by atoms with Crippen LogP contribution in [0.2, 0.25) is 0 Å². The second kappa shape index (κ2) is 11.4. The maximum Gasteiger partial charge on any atom is 0.255 e. The molecular formula is C19H30N4O3. The zero-order valence-corrected chi connectivity index (χ0v) is 15.5. The molecule has 0 spiro atoms. The van der Waals surface area contributed by atoms with Crippen molar-refractivity contribution in [2.75, 3.05) is 40.0 Å². The highest BCUT2D eigenvalue weighted by Gasteiger charge is 2.20. The molecule has 144 valence electrons. The van der Waals surface area contributed by atoms with E-state index in [1.54, 1.807) is 7.05 Å². The molecule has 0 radical (unpaired) electrons. The maximum absolute atomic E-state index is 10.7. The normalized spacial score (nSPS) is 14.1. The molecule has 0 aliphatic heterocycles. The topological polar surface area (TPSA) is 98.0 Å². The monoisotopic (exact) mass is 362 g/mol. The van der Waals surface area contributed by atoms with Gasteiger partial charge in [-0.1, -0.05) is 12.1 Å². The number of nitrogens with one attached hydrogen (secondary N) is 2. The molecule has 0 saturated heterocycles. The summed E-state index contributed by atoms with van der Waals surface area (Å²) in [5.41, 5.74) is 6.23. The summed E-state index contributed by atoms with van der Waals surface area (Å²) in [6.07, 6.45) is 4.50. The first-order chi connectivity index (χ1) is 12.7. The van der Waals surface area contributed by atoms with Gasteiger partial charge in [-0.2, -0.15) is 0 Å². The van der Waals surface area contributed by atoms with Crippen molar-refractivity contribution in [2.45, 2.75) is 25.7 Å². The van der Waals surface area contributed by atoms with Gasteiger partial charge in [0, 0.05) is 33.4 Å². The maximum atomic E-state index is 10.7. The molecule has 26 heavy (non-hydrogen) atoms. The van der Waals surface area contributed by atoms with Gasteiger partial charge in [0.15, 0.2) is 12.6 Å². The van der Waals surface area contributed by atoms with Gasteiger partial charge >= 0.3 is 0 Å². The van der Waals surface area contributed by atoms with Crippen LogP contribution in [0.1, 0.15) is 24.8 Å². The number of rotatable bonds is 12. The smallest absolute Gasteiger partial charge is 0.255 e. The average Bonchev–Trinajstić information content (AvgIpc) is 3.46. The minimum atomic E-state index is -0.480. The zero-order valence-electron chi connectivity index (χ0n) is 15.5. The minimum Gasteiger partial charge on any atom is -0.484 e. The van der Waals surface area contributed by atoms with E-state index in [0.717, 1.165) is 51.0 Å². The van der Waals surface area contributed by atoms with Crippen LogP contribution in [0.15, 0.2) is 29.3 Å². The number of amides is 1. The zero-order chi connectivity index (χ0) is 18.6. The Balaban J connectivity index is 1.55. The number of hydrogen-bond acceptors (Lipinski definition) is 4. The molecule has 0 unspecified atom stereocenters. The van der Waals surface area contributed by atoms with Crippen LogP contribution < -0.4 is 21.1 Å². The number of aliphatic imine (C=N–C) groups is 1. The van der Waals surface area contributed by atoms with Crippen LogP contribution in [-0.4, -0.2) is 51.8 Å². The van der Waals surface area contributed by atoms with Crippen molar-refractivity contribution < 1.29 is 14.3 Å². The Morgan fingerprint density at radius 2 is 1.96 bits per heavy atom. The van der Waals surface area contributed by atoms with Gasteiger partial charge in [-0.15, -0.1) is 0 Å². The minimum absolute atomic E-state index is 0.103. The van der Waals surface area contributed by atoms with Gasteiger partial charge in [-0.05, 0) is 49.3 Å². The third kappa shape index (κ3) is 8.71. The summed E-state index contributed by atoms with van der Waals surface area (Å²) in [5, 5.41) is 6.59. The molecule has 1 aliphatic carbocycles. The average molecular weight is 362 g/mol. The van der Waals surface area contributed by atoms with Crippen LogP contribution in [0.5, 0.6) is 5.75 Å². The molecule has 1 aromatic rings. The van der Waals surface area contributed by atoms with Crippen LogP contribution in [0.3, 0.4) is 0 Å². The summed E-state index contributed by atoms with van der Waals surface area (Å²) in [4.78, 5) is 14.9. The summed E-state index contributed by atoms with van der Waals surface area (Å²) in [6.45, 7) is 3.23. The number of nitrogens with zero attached hydrogens (tertiary/aromatic N) is 1. The van der Waals surface area contributed by atoms with Crippen LogP contribution in [0.4, 0.5) is 0 Å². The standard InChI is InChI=1S/C19H30N4O3/c1-21-19(22-10-2-12-25-13-16-3-4-16)23-11-9-15-5-7-17(8-6-15)26-14-18(20)24/h5-8,16H,2-4,9-14H2,1H3,(H2,20,24)(H2,21,22,23). The van der Waals surface area contributed by atoms with Gasteiger partial charge in [-0.25, -0.2) is 0 Å². The molecule has 0 bridgehead atoms. The van der Waals surface area contributed by atoms with Crippen molar-refractivity contribution in [1.29, 1.82) is 0 Å². The number of ether oxygens (including phenoxy) is 2. The van der Waals surface area contributed by atoms with E-state index in [2.05, 4.69) is 15.6 Å². The highest BCUT2D eigenvalue weighted by Crippen LogP contribution is 2.28. The number of primary amides is 1. The van der Waals surface area contributed by atoms with Gasteiger partial charge in [0.1, 0.15) is 5.75 Å². The molecule has 4 N–H and O–H groups in total. The number of hydrogen-bond donors (Lipinski definition) is 3. The Bertz CT molecular complexity index is 571. The van der Waals surface area contributed by atoms with Gasteiger partial charge in [0.25, 0.3) is 5.91 Å². The molecule has 1 saturated carbocycles.